The smallest absolute Gasteiger partial charge is 0.339 e. The minimum absolute atomic E-state index is 0.127. The number of carbonyl (C=O) groups excluding carboxylic acids is 3. The minimum atomic E-state index is -0.714. The van der Waals surface area contributed by atoms with Crippen molar-refractivity contribution in [3.05, 3.63) is 144 Å². The van der Waals surface area contributed by atoms with Crippen LogP contribution in [0.3, 0.4) is 0 Å². The Kier molecular flexibility index (Phi) is 6.50. The monoisotopic (exact) mass is 470 g/mol. The molecule has 36 heavy (non-hydrogen) atoms. The minimum Gasteiger partial charge on any atom is -0.454 e. The normalized spacial score (nSPS) is 10.7. The Morgan fingerprint density at radius 1 is 0.528 bits per heavy atom. The molecule has 0 aliphatic heterocycles. The summed E-state index contributed by atoms with van der Waals surface area (Å²) in [7, 11) is 0. The Bertz CT molecular complexity index is 1560. The highest BCUT2D eigenvalue weighted by atomic mass is 16.5. The van der Waals surface area contributed by atoms with E-state index in [-0.39, 0.29) is 22.7 Å². The molecule has 4 nitrogen and oxygen atoms in total. The van der Waals surface area contributed by atoms with Crippen LogP contribution in [0.4, 0.5) is 0 Å². The number of Topliss-reactive ketones (excluding diaryl/α,β-unsaturated/α-hetero) is 1. The lowest BCUT2D eigenvalue weighted by Crippen LogP contribution is -2.17. The van der Waals surface area contributed by atoms with Gasteiger partial charge in [-0.25, -0.2) is 4.79 Å². The topological polar surface area (TPSA) is 60.4 Å². The van der Waals surface area contributed by atoms with Crippen LogP contribution in [-0.4, -0.2) is 24.1 Å². The molecule has 0 atom stereocenters. The average molecular weight is 471 g/mol. The molecule has 5 rings (SSSR count). The van der Waals surface area contributed by atoms with Gasteiger partial charge in [0.2, 0.25) is 0 Å². The number of benzene rings is 5. The molecule has 5 aromatic rings. The third-order valence-corrected chi connectivity index (χ3v) is 6.07. The summed E-state index contributed by atoms with van der Waals surface area (Å²) >= 11 is 0. The van der Waals surface area contributed by atoms with E-state index in [1.54, 1.807) is 42.5 Å². The first-order valence-corrected chi connectivity index (χ1v) is 11.6. The number of hydrogen-bond acceptors (Lipinski definition) is 4. The predicted octanol–water partition coefficient (Wildman–Crippen LogP) is 6.78. The maximum atomic E-state index is 13.4. The van der Waals surface area contributed by atoms with Crippen LogP contribution in [0.1, 0.15) is 36.6 Å². The number of rotatable bonds is 7. The second kappa shape index (κ2) is 10.2. The summed E-state index contributed by atoms with van der Waals surface area (Å²) in [5.41, 5.74) is 3.35. The van der Waals surface area contributed by atoms with Crippen molar-refractivity contribution in [3.63, 3.8) is 0 Å². The van der Waals surface area contributed by atoms with Gasteiger partial charge in [0.15, 0.2) is 18.2 Å². The third kappa shape index (κ3) is 4.70. The molecule has 0 aromatic heterocycles. The molecule has 0 aliphatic carbocycles. The van der Waals surface area contributed by atoms with E-state index in [0.717, 1.165) is 21.9 Å². The highest BCUT2D eigenvalue weighted by molar-refractivity contribution is 6.19. The maximum Gasteiger partial charge on any atom is 0.339 e. The van der Waals surface area contributed by atoms with Crippen molar-refractivity contribution in [3.8, 4) is 11.1 Å². The fraction of sp³-hybridized carbons (Fsp3) is 0.0312. The van der Waals surface area contributed by atoms with E-state index in [1.807, 2.05) is 78.9 Å². The molecule has 0 heterocycles. The van der Waals surface area contributed by atoms with Crippen LogP contribution in [-0.2, 0) is 4.74 Å². The Balaban J connectivity index is 1.32. The Hall–Kier alpha value is -4.83. The first kappa shape index (κ1) is 22.9. The van der Waals surface area contributed by atoms with Crippen molar-refractivity contribution >= 4 is 28.3 Å². The van der Waals surface area contributed by atoms with Crippen molar-refractivity contribution in [2.24, 2.45) is 0 Å². The van der Waals surface area contributed by atoms with E-state index in [2.05, 4.69) is 0 Å². The molecule has 0 saturated carbocycles. The first-order valence-electron chi connectivity index (χ1n) is 11.6. The maximum absolute atomic E-state index is 13.4. The van der Waals surface area contributed by atoms with Crippen molar-refractivity contribution in [1.29, 1.82) is 0 Å². The Morgan fingerprint density at radius 3 is 1.89 bits per heavy atom. The number of esters is 1. The first-order chi connectivity index (χ1) is 17.6. The molecule has 0 amide bonds. The van der Waals surface area contributed by atoms with Crippen LogP contribution in [0, 0.1) is 0 Å². The molecular weight excluding hydrogens is 448 g/mol. The number of ketones is 2. The summed E-state index contributed by atoms with van der Waals surface area (Å²) in [5, 5.41) is 1.74. The van der Waals surface area contributed by atoms with Gasteiger partial charge >= 0.3 is 5.97 Å². The molecule has 5 aromatic carbocycles. The average Bonchev–Trinajstić information content (AvgIpc) is 2.95. The zero-order chi connectivity index (χ0) is 24.9. The van der Waals surface area contributed by atoms with Gasteiger partial charge in [-0.15, -0.1) is 0 Å². The second-order valence-electron chi connectivity index (χ2n) is 8.34. The molecule has 0 saturated heterocycles. The van der Waals surface area contributed by atoms with Gasteiger partial charge in [-0.3, -0.25) is 9.59 Å². The van der Waals surface area contributed by atoms with Crippen LogP contribution in [0.25, 0.3) is 21.9 Å². The van der Waals surface area contributed by atoms with Crippen molar-refractivity contribution in [1.82, 2.24) is 0 Å². The summed E-state index contributed by atoms with van der Waals surface area (Å²) in [6.07, 6.45) is 0. The van der Waals surface area contributed by atoms with Gasteiger partial charge in [0.05, 0.1) is 5.56 Å². The van der Waals surface area contributed by atoms with E-state index in [9.17, 15) is 14.4 Å². The molecule has 0 radical (unpaired) electrons. The van der Waals surface area contributed by atoms with Gasteiger partial charge in [0, 0.05) is 16.7 Å². The van der Waals surface area contributed by atoms with Gasteiger partial charge in [0.25, 0.3) is 0 Å². The number of fused-ring (bicyclic) bond motifs is 1. The van der Waals surface area contributed by atoms with Crippen LogP contribution in [0.15, 0.2) is 121 Å². The lowest BCUT2D eigenvalue weighted by atomic mass is 9.94. The van der Waals surface area contributed by atoms with Crippen LogP contribution in [0.2, 0.25) is 0 Å². The summed E-state index contributed by atoms with van der Waals surface area (Å²) in [5.74, 6) is -1.31. The lowest BCUT2D eigenvalue weighted by molar-refractivity contribution is 0.0473. The molecular formula is C32H22O4. The van der Waals surface area contributed by atoms with Crippen molar-refractivity contribution in [2.45, 2.75) is 0 Å². The van der Waals surface area contributed by atoms with Crippen molar-refractivity contribution < 1.29 is 19.1 Å². The highest BCUT2D eigenvalue weighted by Crippen LogP contribution is 2.24. The number of hydrogen-bond donors (Lipinski definition) is 0. The van der Waals surface area contributed by atoms with Crippen LogP contribution >= 0.6 is 0 Å². The van der Waals surface area contributed by atoms with Gasteiger partial charge in [-0.1, -0.05) is 115 Å². The Morgan fingerprint density at radius 2 is 1.11 bits per heavy atom. The fourth-order valence-electron chi connectivity index (χ4n) is 4.20. The number of carbonyl (C=O) groups is 3. The van der Waals surface area contributed by atoms with E-state index in [4.69, 9.17) is 4.74 Å². The van der Waals surface area contributed by atoms with Crippen LogP contribution < -0.4 is 0 Å². The molecule has 0 bridgehead atoms. The summed E-state index contributed by atoms with van der Waals surface area (Å²) < 4.78 is 5.33. The summed E-state index contributed by atoms with van der Waals surface area (Å²) in [6, 6.07) is 36.6. The van der Waals surface area contributed by atoms with Gasteiger partial charge < -0.3 is 4.74 Å². The zero-order valence-electron chi connectivity index (χ0n) is 19.4. The predicted molar refractivity (Wildman–Crippen MR) is 140 cm³/mol. The quantitative estimate of drug-likeness (QED) is 0.194. The molecule has 4 heteroatoms. The highest BCUT2D eigenvalue weighted by Gasteiger charge is 2.21. The molecule has 0 unspecified atom stereocenters. The van der Waals surface area contributed by atoms with Crippen molar-refractivity contribution in [2.75, 3.05) is 6.61 Å². The zero-order valence-corrected chi connectivity index (χ0v) is 19.4. The molecule has 0 N–H and O–H groups in total. The standard InChI is InChI=1S/C32H22O4/c33-30(25-19-17-23(18-20-25)22-9-2-1-3-10-22)21-36-32(35)29-15-7-6-14-28(29)31(34)27-16-8-12-24-11-4-5-13-26(24)27/h1-20H,21H2. The molecule has 174 valence electrons. The molecule has 0 aliphatic rings. The van der Waals surface area contributed by atoms with Crippen LogP contribution in [0.5, 0.6) is 0 Å². The summed E-state index contributed by atoms with van der Waals surface area (Å²) in [4.78, 5) is 39.0. The van der Waals surface area contributed by atoms with E-state index >= 15 is 0 Å². The third-order valence-electron chi connectivity index (χ3n) is 6.07. The SMILES string of the molecule is O=C(COC(=O)c1ccccc1C(=O)c1cccc2ccccc12)c1ccc(-c2ccccc2)cc1. The van der Waals surface area contributed by atoms with Gasteiger partial charge in [-0.05, 0) is 28.0 Å². The summed E-state index contributed by atoms with van der Waals surface area (Å²) in [6.45, 7) is -0.416. The fourth-order valence-corrected chi connectivity index (χ4v) is 4.20. The molecule has 0 spiro atoms. The van der Waals surface area contributed by atoms with E-state index < -0.39 is 12.6 Å². The van der Waals surface area contributed by atoms with Gasteiger partial charge in [-0.2, -0.15) is 0 Å². The second-order valence-corrected chi connectivity index (χ2v) is 8.34. The Labute approximate surface area is 208 Å². The number of ether oxygens (including phenoxy) is 1. The van der Waals surface area contributed by atoms with Gasteiger partial charge in [0.1, 0.15) is 0 Å². The lowest BCUT2D eigenvalue weighted by Gasteiger charge is -2.11. The van der Waals surface area contributed by atoms with E-state index in [0.29, 0.717) is 11.1 Å². The largest absolute Gasteiger partial charge is 0.454 e. The molecule has 0 fully saturated rings. The van der Waals surface area contributed by atoms with E-state index in [1.165, 1.54) is 0 Å².